The summed E-state index contributed by atoms with van der Waals surface area (Å²) >= 11 is 1.26. The largest absolute Gasteiger partial charge is 0.485 e. The van der Waals surface area contributed by atoms with E-state index in [1.54, 1.807) is 4.90 Å². The van der Waals surface area contributed by atoms with E-state index in [0.717, 1.165) is 28.1 Å². The van der Waals surface area contributed by atoms with Gasteiger partial charge in [0.15, 0.2) is 5.82 Å². The number of thioether (sulfide) groups is 1. The highest BCUT2D eigenvalue weighted by Gasteiger charge is 2.19. The molecule has 1 amide bonds. The van der Waals surface area contributed by atoms with E-state index in [1.165, 1.54) is 16.4 Å². The van der Waals surface area contributed by atoms with Gasteiger partial charge in [0.25, 0.3) is 0 Å². The zero-order chi connectivity index (χ0) is 23.9. The van der Waals surface area contributed by atoms with Crippen LogP contribution in [0, 0.1) is 13.8 Å². The smallest absolute Gasteiger partial charge is 0.237 e. The van der Waals surface area contributed by atoms with E-state index >= 15 is 0 Å². The molecule has 7 nitrogen and oxygen atoms in total. The highest BCUT2D eigenvalue weighted by Crippen LogP contribution is 2.24. The number of hydrogen-bond donors (Lipinski definition) is 1. The van der Waals surface area contributed by atoms with Crippen molar-refractivity contribution in [3.8, 4) is 5.75 Å². The van der Waals surface area contributed by atoms with E-state index in [0.29, 0.717) is 17.5 Å². The van der Waals surface area contributed by atoms with Gasteiger partial charge < -0.3 is 15.5 Å². The first-order valence-corrected chi connectivity index (χ1v) is 11.9. The molecule has 0 atom stereocenters. The lowest BCUT2D eigenvalue weighted by atomic mass is 10.1. The molecule has 0 saturated carbocycles. The van der Waals surface area contributed by atoms with Crippen molar-refractivity contribution in [1.82, 2.24) is 14.9 Å². The van der Waals surface area contributed by atoms with Gasteiger partial charge in [0, 0.05) is 5.69 Å². The number of hydrogen-bond acceptors (Lipinski definition) is 6. The van der Waals surface area contributed by atoms with Crippen LogP contribution in [0.25, 0.3) is 0 Å². The Balaban J connectivity index is 1.42. The maximum absolute atomic E-state index is 13.2. The second-order valence-electron chi connectivity index (χ2n) is 7.87. The van der Waals surface area contributed by atoms with E-state index in [1.807, 2.05) is 92.7 Å². The van der Waals surface area contributed by atoms with Crippen molar-refractivity contribution in [3.63, 3.8) is 0 Å². The number of ether oxygens (including phenoxy) is 1. The Morgan fingerprint density at radius 3 is 2.26 bits per heavy atom. The van der Waals surface area contributed by atoms with Gasteiger partial charge in [0.05, 0.1) is 12.3 Å². The van der Waals surface area contributed by atoms with E-state index in [2.05, 4.69) is 10.2 Å². The molecule has 0 saturated heterocycles. The maximum atomic E-state index is 13.2. The number of anilines is 1. The van der Waals surface area contributed by atoms with Crippen molar-refractivity contribution >= 4 is 23.4 Å². The van der Waals surface area contributed by atoms with Crippen LogP contribution in [-0.4, -0.2) is 26.5 Å². The van der Waals surface area contributed by atoms with Crippen molar-refractivity contribution < 1.29 is 9.53 Å². The Hall–Kier alpha value is -3.78. The van der Waals surface area contributed by atoms with Crippen LogP contribution in [0.2, 0.25) is 0 Å². The van der Waals surface area contributed by atoms with E-state index in [9.17, 15) is 4.79 Å². The number of benzene rings is 3. The van der Waals surface area contributed by atoms with E-state index in [4.69, 9.17) is 10.6 Å². The molecule has 2 N–H and O–H groups in total. The molecular weight excluding hydrogens is 446 g/mol. The van der Waals surface area contributed by atoms with Crippen molar-refractivity contribution in [2.45, 2.75) is 32.2 Å². The first-order valence-electron chi connectivity index (χ1n) is 10.9. The quantitative estimate of drug-likeness (QED) is 0.284. The van der Waals surface area contributed by atoms with Crippen LogP contribution in [0.15, 0.2) is 84.0 Å². The minimum Gasteiger partial charge on any atom is -0.485 e. The molecule has 4 rings (SSSR count). The van der Waals surface area contributed by atoms with Gasteiger partial charge in [-0.1, -0.05) is 78.5 Å². The molecule has 34 heavy (non-hydrogen) atoms. The number of carbonyl (C=O) groups is 1. The molecule has 8 heteroatoms. The third-order valence-electron chi connectivity index (χ3n) is 5.37. The molecule has 1 heterocycles. The second kappa shape index (κ2) is 10.9. The summed E-state index contributed by atoms with van der Waals surface area (Å²) in [5.74, 6) is 7.64. The van der Waals surface area contributed by atoms with Gasteiger partial charge in [-0.25, -0.2) is 4.68 Å². The van der Waals surface area contributed by atoms with Crippen LogP contribution in [0.3, 0.4) is 0 Å². The van der Waals surface area contributed by atoms with Gasteiger partial charge in [-0.05, 0) is 42.7 Å². The third-order valence-corrected chi connectivity index (χ3v) is 6.29. The molecule has 0 unspecified atom stereocenters. The average molecular weight is 474 g/mol. The summed E-state index contributed by atoms with van der Waals surface area (Å²) in [4.78, 5) is 15.0. The monoisotopic (exact) mass is 473 g/mol. The lowest BCUT2D eigenvalue weighted by Gasteiger charge is -2.23. The Kier molecular flexibility index (Phi) is 7.49. The highest BCUT2D eigenvalue weighted by atomic mass is 32.2. The summed E-state index contributed by atoms with van der Waals surface area (Å²) in [6.07, 6.45) is 0. The number of amides is 1. The van der Waals surface area contributed by atoms with Crippen LogP contribution >= 0.6 is 11.8 Å². The molecule has 0 aliphatic rings. The highest BCUT2D eigenvalue weighted by molar-refractivity contribution is 7.99. The molecule has 0 aliphatic carbocycles. The molecule has 1 aromatic heterocycles. The van der Waals surface area contributed by atoms with Crippen molar-refractivity contribution in [2.24, 2.45) is 0 Å². The van der Waals surface area contributed by atoms with Gasteiger partial charge in [0.1, 0.15) is 12.4 Å². The number of aryl methyl sites for hydroxylation is 2. The molecule has 174 valence electrons. The number of carbonyl (C=O) groups excluding carboxylic acids is 1. The summed E-state index contributed by atoms with van der Waals surface area (Å²) in [6.45, 7) is 4.66. The van der Waals surface area contributed by atoms with Gasteiger partial charge in [-0.2, -0.15) is 0 Å². The zero-order valence-electron chi connectivity index (χ0n) is 19.2. The second-order valence-corrected chi connectivity index (χ2v) is 8.81. The summed E-state index contributed by atoms with van der Waals surface area (Å²) in [6, 6.07) is 25.5. The lowest BCUT2D eigenvalue weighted by Crippen LogP contribution is -2.32. The number of nitrogens with two attached hydrogens (primary N) is 1. The van der Waals surface area contributed by atoms with Crippen LogP contribution < -0.4 is 15.5 Å². The first kappa shape index (κ1) is 23.4. The fourth-order valence-corrected chi connectivity index (χ4v) is 4.32. The van der Waals surface area contributed by atoms with Crippen LogP contribution in [0.1, 0.15) is 22.5 Å². The summed E-state index contributed by atoms with van der Waals surface area (Å²) < 4.78 is 7.33. The molecule has 0 spiro atoms. The Morgan fingerprint density at radius 1 is 0.941 bits per heavy atom. The Labute approximate surface area is 203 Å². The number of para-hydroxylation sites is 2. The minimum atomic E-state index is -0.0450. The predicted octanol–water partition coefficient (Wildman–Crippen LogP) is 4.51. The first-order chi connectivity index (χ1) is 16.5. The standard InChI is InChI=1S/C26H27N5O2S/c1-19-10-9-11-20(2)25(19)33-17-23-28-29-26(31(23)27)34-18-24(32)30(22-14-7-4-8-15-22)16-21-12-5-3-6-13-21/h3-15H,16-18,27H2,1-2H3. The fraction of sp³-hybridized carbons (Fsp3) is 0.192. The molecule has 0 aliphatic heterocycles. The van der Waals surface area contributed by atoms with Gasteiger partial charge >= 0.3 is 0 Å². The van der Waals surface area contributed by atoms with Crippen LogP contribution in [0.4, 0.5) is 5.69 Å². The third kappa shape index (κ3) is 5.58. The number of nitrogen functional groups attached to an aromatic ring is 1. The molecule has 0 radical (unpaired) electrons. The minimum absolute atomic E-state index is 0.0450. The van der Waals surface area contributed by atoms with Crippen molar-refractivity contribution in [3.05, 3.63) is 101 Å². The molecule has 0 fully saturated rings. The van der Waals surface area contributed by atoms with Gasteiger partial charge in [-0.15, -0.1) is 10.2 Å². The predicted molar refractivity (Wildman–Crippen MR) is 135 cm³/mol. The topological polar surface area (TPSA) is 86.3 Å². The average Bonchev–Trinajstić information content (AvgIpc) is 3.21. The molecular formula is C26H27N5O2S. The summed E-state index contributed by atoms with van der Waals surface area (Å²) in [5, 5.41) is 8.78. The number of nitrogens with zero attached hydrogens (tertiary/aromatic N) is 4. The van der Waals surface area contributed by atoms with Crippen molar-refractivity contribution in [1.29, 1.82) is 0 Å². The van der Waals surface area contributed by atoms with Crippen LogP contribution in [-0.2, 0) is 17.9 Å². The maximum Gasteiger partial charge on any atom is 0.237 e. The normalized spacial score (nSPS) is 10.8. The van der Waals surface area contributed by atoms with Gasteiger partial charge in [0.2, 0.25) is 11.1 Å². The van der Waals surface area contributed by atoms with Crippen LogP contribution in [0.5, 0.6) is 5.75 Å². The Morgan fingerprint density at radius 2 is 1.59 bits per heavy atom. The van der Waals surface area contributed by atoms with Gasteiger partial charge in [-0.3, -0.25) is 4.79 Å². The number of rotatable bonds is 9. The van der Waals surface area contributed by atoms with Crippen molar-refractivity contribution in [2.75, 3.05) is 16.5 Å². The fourth-order valence-electron chi connectivity index (χ4n) is 3.57. The molecule has 4 aromatic rings. The zero-order valence-corrected chi connectivity index (χ0v) is 20.0. The molecule has 3 aromatic carbocycles. The summed E-state index contributed by atoms with van der Waals surface area (Å²) in [7, 11) is 0. The number of aromatic nitrogens is 3. The Bertz CT molecular complexity index is 1220. The summed E-state index contributed by atoms with van der Waals surface area (Å²) in [5.41, 5.74) is 3.98. The SMILES string of the molecule is Cc1cccc(C)c1OCc1nnc(SCC(=O)N(Cc2ccccc2)c2ccccc2)n1N. The lowest BCUT2D eigenvalue weighted by molar-refractivity contribution is -0.116. The van der Waals surface area contributed by atoms with E-state index < -0.39 is 0 Å². The van der Waals surface area contributed by atoms with E-state index in [-0.39, 0.29) is 18.3 Å². The molecule has 0 bridgehead atoms.